The average Bonchev–Trinajstić information content (AvgIpc) is 1.85. The van der Waals surface area contributed by atoms with E-state index >= 15 is 0 Å². The molecule has 5 nitrogen and oxygen atoms in total. The van der Waals surface area contributed by atoms with Gasteiger partial charge in [0.05, 0.1) is 17.3 Å². The van der Waals surface area contributed by atoms with Gasteiger partial charge in [0, 0.05) is 0 Å². The fourth-order valence-corrected chi connectivity index (χ4v) is 0.936. The lowest BCUT2D eigenvalue weighted by Crippen LogP contribution is -2.12. The molecule has 12 heavy (non-hydrogen) atoms. The van der Waals surface area contributed by atoms with E-state index < -0.39 is 16.8 Å². The Morgan fingerprint density at radius 3 is 2.50 bits per heavy atom. The molecule has 0 saturated carbocycles. The lowest BCUT2D eigenvalue weighted by atomic mass is 10.0. The predicted molar refractivity (Wildman–Crippen MR) is 42.2 cm³/mol. The van der Waals surface area contributed by atoms with Gasteiger partial charge in [0.1, 0.15) is 0 Å². The van der Waals surface area contributed by atoms with Crippen LogP contribution in [0.3, 0.4) is 0 Å². The Bertz CT molecular complexity index is 221. The minimum absolute atomic E-state index is 0.0441. The van der Waals surface area contributed by atoms with Gasteiger partial charge in [-0.3, -0.25) is 14.9 Å². The van der Waals surface area contributed by atoms with E-state index in [1.54, 1.807) is 0 Å². The zero-order chi connectivity index (χ0) is 9.72. The Morgan fingerprint density at radius 2 is 2.25 bits per heavy atom. The van der Waals surface area contributed by atoms with E-state index in [0.29, 0.717) is 0 Å². The standard InChI is InChI=1S/C7H11NO4/c1-3-6(8(11)12)5(2)4-7(9)10/h3,5H,4H2,1-2H3,(H,9,10)/b6-3-. The Labute approximate surface area is 69.8 Å². The van der Waals surface area contributed by atoms with Crippen molar-refractivity contribution in [3.63, 3.8) is 0 Å². The number of nitro groups is 1. The summed E-state index contributed by atoms with van der Waals surface area (Å²) in [6.45, 7) is 3.04. The van der Waals surface area contributed by atoms with Gasteiger partial charge in [-0.2, -0.15) is 0 Å². The van der Waals surface area contributed by atoms with Crippen LogP contribution in [-0.2, 0) is 4.79 Å². The lowest BCUT2D eigenvalue weighted by molar-refractivity contribution is -0.433. The van der Waals surface area contributed by atoms with Crippen molar-refractivity contribution in [2.45, 2.75) is 20.3 Å². The molecule has 1 atom stereocenters. The molecule has 1 N–H and O–H groups in total. The number of carboxylic acids is 1. The third-order valence-electron chi connectivity index (χ3n) is 1.49. The molecule has 0 rings (SSSR count). The van der Waals surface area contributed by atoms with Crippen LogP contribution in [0.2, 0.25) is 0 Å². The molecule has 0 spiro atoms. The van der Waals surface area contributed by atoms with Crippen LogP contribution in [0, 0.1) is 16.0 Å². The summed E-state index contributed by atoms with van der Waals surface area (Å²) in [4.78, 5) is 20.0. The van der Waals surface area contributed by atoms with Crippen LogP contribution < -0.4 is 0 Å². The maximum Gasteiger partial charge on any atom is 0.304 e. The summed E-state index contributed by atoms with van der Waals surface area (Å²) < 4.78 is 0. The summed E-state index contributed by atoms with van der Waals surface area (Å²) in [7, 11) is 0. The minimum Gasteiger partial charge on any atom is -0.481 e. The second kappa shape index (κ2) is 4.48. The maximum atomic E-state index is 10.3. The number of rotatable bonds is 4. The molecule has 0 heterocycles. The summed E-state index contributed by atoms with van der Waals surface area (Å²) in [5.74, 6) is -1.56. The molecule has 0 fully saturated rings. The first kappa shape index (κ1) is 10.6. The zero-order valence-electron chi connectivity index (χ0n) is 6.98. The zero-order valence-corrected chi connectivity index (χ0v) is 6.98. The van der Waals surface area contributed by atoms with Crippen LogP contribution >= 0.6 is 0 Å². The van der Waals surface area contributed by atoms with Crippen LogP contribution in [0.1, 0.15) is 20.3 Å². The highest BCUT2D eigenvalue weighted by molar-refractivity contribution is 5.67. The second-order valence-corrected chi connectivity index (χ2v) is 2.47. The van der Waals surface area contributed by atoms with Gasteiger partial charge in [-0.1, -0.05) is 6.92 Å². The highest BCUT2D eigenvalue weighted by Gasteiger charge is 2.21. The highest BCUT2D eigenvalue weighted by Crippen LogP contribution is 2.14. The minimum atomic E-state index is -1.02. The molecule has 0 saturated heterocycles. The third-order valence-corrected chi connectivity index (χ3v) is 1.49. The first-order valence-corrected chi connectivity index (χ1v) is 3.51. The highest BCUT2D eigenvalue weighted by atomic mass is 16.6. The maximum absolute atomic E-state index is 10.3. The number of carbonyl (C=O) groups is 1. The number of hydrogen-bond acceptors (Lipinski definition) is 3. The normalized spacial score (nSPS) is 14.0. The van der Waals surface area contributed by atoms with Crippen molar-refractivity contribution in [2.75, 3.05) is 0 Å². The Hall–Kier alpha value is -1.39. The van der Waals surface area contributed by atoms with Crippen molar-refractivity contribution in [1.82, 2.24) is 0 Å². The van der Waals surface area contributed by atoms with Gasteiger partial charge < -0.3 is 5.11 Å². The van der Waals surface area contributed by atoms with Crippen molar-refractivity contribution in [3.8, 4) is 0 Å². The van der Waals surface area contributed by atoms with Gasteiger partial charge in [0.25, 0.3) is 0 Å². The first-order valence-electron chi connectivity index (χ1n) is 3.51. The van der Waals surface area contributed by atoms with Gasteiger partial charge in [0.2, 0.25) is 5.70 Å². The van der Waals surface area contributed by atoms with Crippen LogP contribution in [0.15, 0.2) is 11.8 Å². The van der Waals surface area contributed by atoms with Crippen LogP contribution in [0.5, 0.6) is 0 Å². The molecule has 1 unspecified atom stereocenters. The van der Waals surface area contributed by atoms with E-state index in [4.69, 9.17) is 5.11 Å². The predicted octanol–water partition coefficient (Wildman–Crippen LogP) is 1.28. The second-order valence-electron chi connectivity index (χ2n) is 2.47. The molecule has 0 amide bonds. The molecule has 0 aromatic heterocycles. The summed E-state index contributed by atoms with van der Waals surface area (Å²) in [6, 6.07) is 0. The Morgan fingerprint density at radius 1 is 1.75 bits per heavy atom. The lowest BCUT2D eigenvalue weighted by Gasteiger charge is -2.03. The topological polar surface area (TPSA) is 80.4 Å². The molecule has 0 radical (unpaired) electrons. The molecule has 0 aliphatic heterocycles. The van der Waals surface area contributed by atoms with Crippen LogP contribution in [-0.4, -0.2) is 16.0 Å². The van der Waals surface area contributed by atoms with Gasteiger partial charge in [0.15, 0.2) is 0 Å². The molecule has 0 aliphatic rings. The number of aliphatic carboxylic acids is 1. The Kier molecular flexibility index (Phi) is 3.96. The summed E-state index contributed by atoms with van der Waals surface area (Å²) in [6.07, 6.45) is 1.12. The summed E-state index contributed by atoms with van der Waals surface area (Å²) in [5.41, 5.74) is -0.0441. The molecule has 0 aromatic carbocycles. The smallest absolute Gasteiger partial charge is 0.304 e. The monoisotopic (exact) mass is 173 g/mol. The van der Waals surface area contributed by atoms with Crippen molar-refractivity contribution in [3.05, 3.63) is 21.9 Å². The van der Waals surface area contributed by atoms with E-state index in [9.17, 15) is 14.9 Å². The van der Waals surface area contributed by atoms with E-state index in [-0.39, 0.29) is 12.1 Å². The summed E-state index contributed by atoms with van der Waals surface area (Å²) >= 11 is 0. The molecular formula is C7H11NO4. The van der Waals surface area contributed by atoms with E-state index in [2.05, 4.69) is 0 Å². The van der Waals surface area contributed by atoms with Crippen molar-refractivity contribution in [2.24, 2.45) is 5.92 Å². The SMILES string of the molecule is C/C=C(/C(C)CC(=O)O)[N+](=O)[O-]. The van der Waals surface area contributed by atoms with Gasteiger partial charge in [-0.25, -0.2) is 0 Å². The number of nitrogens with zero attached hydrogens (tertiary/aromatic N) is 1. The van der Waals surface area contributed by atoms with E-state index in [1.807, 2.05) is 0 Å². The fourth-order valence-electron chi connectivity index (χ4n) is 0.936. The third kappa shape index (κ3) is 3.14. The fraction of sp³-hybridized carbons (Fsp3) is 0.571. The van der Waals surface area contributed by atoms with Crippen molar-refractivity contribution >= 4 is 5.97 Å². The quantitative estimate of drug-likeness (QED) is 0.512. The molecule has 68 valence electrons. The van der Waals surface area contributed by atoms with Crippen molar-refractivity contribution in [1.29, 1.82) is 0 Å². The molecule has 5 heteroatoms. The molecule has 0 aliphatic carbocycles. The van der Waals surface area contributed by atoms with Gasteiger partial charge in [-0.15, -0.1) is 0 Å². The largest absolute Gasteiger partial charge is 0.481 e. The molecule has 0 bridgehead atoms. The first-order chi connectivity index (χ1) is 5.49. The molecular weight excluding hydrogens is 162 g/mol. The van der Waals surface area contributed by atoms with Gasteiger partial charge >= 0.3 is 5.97 Å². The average molecular weight is 173 g/mol. The van der Waals surface area contributed by atoms with Gasteiger partial charge in [-0.05, 0) is 13.0 Å². The number of carboxylic acid groups (broad SMARTS) is 1. The van der Waals surface area contributed by atoms with Crippen LogP contribution in [0.25, 0.3) is 0 Å². The number of allylic oxidation sites excluding steroid dienone is 2. The molecule has 0 aromatic rings. The summed E-state index contributed by atoms with van der Waals surface area (Å²) in [5, 5.41) is 18.7. The number of hydrogen-bond donors (Lipinski definition) is 1. The Balaban J connectivity index is 4.34. The van der Waals surface area contributed by atoms with E-state index in [1.165, 1.54) is 19.9 Å². The van der Waals surface area contributed by atoms with Crippen molar-refractivity contribution < 1.29 is 14.8 Å². The van der Waals surface area contributed by atoms with E-state index in [0.717, 1.165) is 0 Å². The van der Waals surface area contributed by atoms with Crippen LogP contribution in [0.4, 0.5) is 0 Å².